The second-order valence-electron chi connectivity index (χ2n) is 7.53. The molecule has 1 aromatic carbocycles. The molecule has 1 aromatic heterocycles. The number of para-hydroxylation sites is 1. The van der Waals surface area contributed by atoms with Crippen molar-refractivity contribution in [3.63, 3.8) is 0 Å². The van der Waals surface area contributed by atoms with Crippen LogP contribution in [-0.2, 0) is 11.3 Å². The summed E-state index contributed by atoms with van der Waals surface area (Å²) in [6.07, 6.45) is 2.87. The average molecular weight is 388 g/mol. The standard InChI is InChI=1S/C21H29N3O2S/c1-16-13-24(11-12-26-16)18-7-9-23(10-8-18)14-17-15-27-21(22-17)19-5-3-4-6-20(19)25-2/h3-6,15-16,18H,7-14H2,1-2H3. The van der Waals surface area contributed by atoms with Gasteiger partial charge in [0.15, 0.2) is 0 Å². The SMILES string of the molecule is COc1ccccc1-c1nc(CN2CCC(N3CCOC(C)C3)CC2)cs1. The fraction of sp³-hybridized carbons (Fsp3) is 0.571. The zero-order valence-corrected chi connectivity index (χ0v) is 17.1. The first kappa shape index (κ1) is 18.9. The molecule has 2 fully saturated rings. The van der Waals surface area contributed by atoms with Gasteiger partial charge in [-0.1, -0.05) is 12.1 Å². The Labute approximate surface area is 165 Å². The highest BCUT2D eigenvalue weighted by Crippen LogP contribution is 2.32. The third-order valence-corrected chi connectivity index (χ3v) is 6.55. The number of morpholine rings is 1. The Balaban J connectivity index is 1.33. The highest BCUT2D eigenvalue weighted by atomic mass is 32.1. The summed E-state index contributed by atoms with van der Waals surface area (Å²) in [4.78, 5) is 10.0. The molecular formula is C21H29N3O2S. The lowest BCUT2D eigenvalue weighted by Gasteiger charge is -2.41. The molecule has 0 aliphatic carbocycles. The van der Waals surface area contributed by atoms with Gasteiger partial charge in [0.1, 0.15) is 10.8 Å². The number of benzene rings is 1. The monoisotopic (exact) mass is 387 g/mol. The molecule has 1 atom stereocenters. The lowest BCUT2D eigenvalue weighted by Crippen LogP contribution is -2.50. The van der Waals surface area contributed by atoms with Crippen molar-refractivity contribution in [2.45, 2.75) is 38.5 Å². The van der Waals surface area contributed by atoms with Gasteiger partial charge in [-0.05, 0) is 31.9 Å². The van der Waals surface area contributed by atoms with Gasteiger partial charge in [-0.25, -0.2) is 4.98 Å². The Bertz CT molecular complexity index is 743. The molecule has 0 spiro atoms. The molecule has 146 valence electrons. The van der Waals surface area contributed by atoms with Crippen molar-refractivity contribution in [3.8, 4) is 16.3 Å². The van der Waals surface area contributed by atoms with Gasteiger partial charge in [-0.2, -0.15) is 0 Å². The molecule has 5 nitrogen and oxygen atoms in total. The first-order valence-corrected chi connectivity index (χ1v) is 10.8. The summed E-state index contributed by atoms with van der Waals surface area (Å²) in [5, 5.41) is 3.23. The summed E-state index contributed by atoms with van der Waals surface area (Å²) < 4.78 is 11.2. The molecule has 2 aromatic rings. The minimum atomic E-state index is 0.375. The van der Waals surface area contributed by atoms with Crippen LogP contribution in [0.15, 0.2) is 29.6 Å². The molecule has 2 saturated heterocycles. The zero-order chi connectivity index (χ0) is 18.6. The number of piperidine rings is 1. The van der Waals surface area contributed by atoms with E-state index in [0.29, 0.717) is 12.1 Å². The highest BCUT2D eigenvalue weighted by Gasteiger charge is 2.28. The number of methoxy groups -OCH3 is 1. The summed E-state index contributed by atoms with van der Waals surface area (Å²) in [5.41, 5.74) is 2.25. The Morgan fingerprint density at radius 1 is 1.22 bits per heavy atom. The van der Waals surface area contributed by atoms with Crippen LogP contribution in [0.1, 0.15) is 25.5 Å². The first-order chi connectivity index (χ1) is 13.2. The van der Waals surface area contributed by atoms with Gasteiger partial charge in [0.25, 0.3) is 0 Å². The highest BCUT2D eigenvalue weighted by molar-refractivity contribution is 7.13. The van der Waals surface area contributed by atoms with Crippen LogP contribution < -0.4 is 4.74 Å². The van der Waals surface area contributed by atoms with E-state index in [1.165, 1.54) is 18.5 Å². The second-order valence-corrected chi connectivity index (χ2v) is 8.39. The number of aromatic nitrogens is 1. The molecule has 27 heavy (non-hydrogen) atoms. The van der Waals surface area contributed by atoms with Crippen LogP contribution in [0.2, 0.25) is 0 Å². The molecule has 6 heteroatoms. The molecule has 0 bridgehead atoms. The molecule has 2 aliphatic rings. The average Bonchev–Trinajstić information content (AvgIpc) is 3.17. The van der Waals surface area contributed by atoms with E-state index >= 15 is 0 Å². The van der Waals surface area contributed by atoms with Crippen molar-refractivity contribution in [3.05, 3.63) is 35.3 Å². The number of thiazole rings is 1. The van der Waals surface area contributed by atoms with Crippen LogP contribution in [0.25, 0.3) is 10.6 Å². The van der Waals surface area contributed by atoms with Crippen LogP contribution in [-0.4, -0.2) is 66.8 Å². The van der Waals surface area contributed by atoms with E-state index in [1.807, 2.05) is 18.2 Å². The van der Waals surface area contributed by atoms with Gasteiger partial charge in [0, 0.05) is 44.1 Å². The van der Waals surface area contributed by atoms with Crippen molar-refractivity contribution in [2.75, 3.05) is 39.9 Å². The van der Waals surface area contributed by atoms with E-state index in [-0.39, 0.29) is 0 Å². The Morgan fingerprint density at radius 2 is 2.04 bits per heavy atom. The number of hydrogen-bond donors (Lipinski definition) is 0. The molecule has 0 amide bonds. The van der Waals surface area contributed by atoms with Crippen LogP contribution in [0.5, 0.6) is 5.75 Å². The van der Waals surface area contributed by atoms with Gasteiger partial charge >= 0.3 is 0 Å². The molecule has 2 aliphatic heterocycles. The number of ether oxygens (including phenoxy) is 2. The lowest BCUT2D eigenvalue weighted by molar-refractivity contribution is -0.0438. The normalized spacial score (nSPS) is 22.8. The number of nitrogens with zero attached hydrogens (tertiary/aromatic N) is 3. The van der Waals surface area contributed by atoms with E-state index in [0.717, 1.165) is 55.7 Å². The van der Waals surface area contributed by atoms with E-state index < -0.39 is 0 Å². The van der Waals surface area contributed by atoms with E-state index in [1.54, 1.807) is 18.4 Å². The largest absolute Gasteiger partial charge is 0.496 e. The number of rotatable bonds is 5. The minimum Gasteiger partial charge on any atom is -0.496 e. The van der Waals surface area contributed by atoms with Crippen LogP contribution in [0.4, 0.5) is 0 Å². The molecule has 3 heterocycles. The quantitative estimate of drug-likeness (QED) is 0.785. The third kappa shape index (κ3) is 4.51. The van der Waals surface area contributed by atoms with Gasteiger partial charge in [-0.3, -0.25) is 9.80 Å². The Morgan fingerprint density at radius 3 is 2.81 bits per heavy atom. The number of likely N-dealkylation sites (tertiary alicyclic amines) is 1. The third-order valence-electron chi connectivity index (χ3n) is 5.62. The summed E-state index contributed by atoms with van der Waals surface area (Å²) >= 11 is 1.70. The maximum atomic E-state index is 5.69. The maximum Gasteiger partial charge on any atom is 0.129 e. The second kappa shape index (κ2) is 8.69. The van der Waals surface area contributed by atoms with Gasteiger partial charge < -0.3 is 9.47 Å². The predicted octanol–water partition coefficient (Wildman–Crippen LogP) is 3.50. The maximum absolute atomic E-state index is 5.69. The zero-order valence-electron chi connectivity index (χ0n) is 16.3. The molecule has 4 rings (SSSR count). The summed E-state index contributed by atoms with van der Waals surface area (Å²) in [6.45, 7) is 8.48. The number of hydrogen-bond acceptors (Lipinski definition) is 6. The predicted molar refractivity (Wildman–Crippen MR) is 109 cm³/mol. The van der Waals surface area contributed by atoms with Crippen LogP contribution in [0.3, 0.4) is 0 Å². The smallest absolute Gasteiger partial charge is 0.129 e. The van der Waals surface area contributed by atoms with Gasteiger partial charge in [0.2, 0.25) is 0 Å². The molecule has 1 unspecified atom stereocenters. The minimum absolute atomic E-state index is 0.375. The van der Waals surface area contributed by atoms with E-state index in [4.69, 9.17) is 14.5 Å². The molecule has 0 radical (unpaired) electrons. The fourth-order valence-corrected chi connectivity index (χ4v) is 5.01. The van der Waals surface area contributed by atoms with Crippen molar-refractivity contribution in [1.82, 2.24) is 14.8 Å². The summed E-state index contributed by atoms with van der Waals surface area (Å²) in [5.74, 6) is 0.888. The Kier molecular flexibility index (Phi) is 6.08. The van der Waals surface area contributed by atoms with E-state index in [9.17, 15) is 0 Å². The van der Waals surface area contributed by atoms with E-state index in [2.05, 4.69) is 28.2 Å². The van der Waals surface area contributed by atoms with Gasteiger partial charge in [0.05, 0.1) is 31.1 Å². The van der Waals surface area contributed by atoms with Crippen LogP contribution >= 0.6 is 11.3 Å². The molecule has 0 saturated carbocycles. The summed E-state index contributed by atoms with van der Waals surface area (Å²) in [6, 6.07) is 8.82. The van der Waals surface area contributed by atoms with Crippen molar-refractivity contribution >= 4 is 11.3 Å². The topological polar surface area (TPSA) is 37.8 Å². The van der Waals surface area contributed by atoms with Crippen molar-refractivity contribution < 1.29 is 9.47 Å². The van der Waals surface area contributed by atoms with Crippen LogP contribution in [0, 0.1) is 0 Å². The van der Waals surface area contributed by atoms with Gasteiger partial charge in [-0.15, -0.1) is 11.3 Å². The molecule has 0 N–H and O–H groups in total. The first-order valence-electron chi connectivity index (χ1n) is 9.88. The van der Waals surface area contributed by atoms with Crippen molar-refractivity contribution in [2.24, 2.45) is 0 Å². The molecular weight excluding hydrogens is 358 g/mol. The Hall–Kier alpha value is -1.47. The fourth-order valence-electron chi connectivity index (χ4n) is 4.17. The lowest BCUT2D eigenvalue weighted by atomic mass is 10.0. The van der Waals surface area contributed by atoms with Crippen molar-refractivity contribution in [1.29, 1.82) is 0 Å². The summed E-state index contributed by atoms with van der Waals surface area (Å²) in [7, 11) is 1.71.